The van der Waals surface area contributed by atoms with Crippen LogP contribution >= 0.6 is 15.9 Å². The molecule has 1 fully saturated rings. The zero-order valence-corrected chi connectivity index (χ0v) is 17.3. The van der Waals surface area contributed by atoms with Crippen LogP contribution in [0.5, 0.6) is 0 Å². The number of aromatic nitrogens is 1. The summed E-state index contributed by atoms with van der Waals surface area (Å²) in [7, 11) is 3.97. The van der Waals surface area contributed by atoms with Crippen LogP contribution in [0.2, 0.25) is 0 Å². The standard InChI is InChI=1S/C18H27BrF2N4O/c1-5-24(3)11-22-16-10-15(19)17(23-12(16)2)25(4)13-6-8-14(9-7-13)26-18(20)21/h10-11,13-14,18H,5-9H2,1-4H3. The maximum absolute atomic E-state index is 12.3. The van der Waals surface area contributed by atoms with Crippen molar-refractivity contribution in [3.8, 4) is 0 Å². The average molecular weight is 433 g/mol. The minimum absolute atomic E-state index is 0.260. The molecular formula is C18H27BrF2N4O. The van der Waals surface area contributed by atoms with Crippen molar-refractivity contribution in [3.05, 3.63) is 16.2 Å². The second kappa shape index (κ2) is 9.60. The predicted octanol–water partition coefficient (Wildman–Crippen LogP) is 4.75. The molecule has 1 aromatic rings. The van der Waals surface area contributed by atoms with Gasteiger partial charge in [-0.2, -0.15) is 8.78 Å². The van der Waals surface area contributed by atoms with Gasteiger partial charge in [-0.1, -0.05) is 0 Å². The van der Waals surface area contributed by atoms with E-state index in [1.807, 2.05) is 32.0 Å². The number of alkyl halides is 2. The van der Waals surface area contributed by atoms with Gasteiger partial charge >= 0.3 is 6.61 Å². The molecule has 0 radical (unpaired) electrons. The first-order chi connectivity index (χ1) is 12.3. The Morgan fingerprint density at radius 2 is 2.00 bits per heavy atom. The summed E-state index contributed by atoms with van der Waals surface area (Å²) in [5, 5.41) is 0. The molecule has 8 heteroatoms. The van der Waals surface area contributed by atoms with E-state index in [9.17, 15) is 8.78 Å². The number of nitrogens with zero attached hydrogens (tertiary/aromatic N) is 4. The lowest BCUT2D eigenvalue weighted by molar-refractivity contribution is -0.169. The largest absolute Gasteiger partial charge is 0.366 e. The Bertz CT molecular complexity index is 621. The van der Waals surface area contributed by atoms with Crippen LogP contribution in [0.1, 0.15) is 38.3 Å². The van der Waals surface area contributed by atoms with Crippen LogP contribution in [0.4, 0.5) is 20.3 Å². The summed E-state index contributed by atoms with van der Waals surface area (Å²) in [6.07, 6.45) is 4.35. The Morgan fingerprint density at radius 1 is 1.35 bits per heavy atom. The first-order valence-electron chi connectivity index (χ1n) is 8.89. The first-order valence-corrected chi connectivity index (χ1v) is 9.69. The van der Waals surface area contributed by atoms with E-state index < -0.39 is 6.61 Å². The lowest BCUT2D eigenvalue weighted by atomic mass is 9.92. The average Bonchev–Trinajstić information content (AvgIpc) is 2.61. The number of aryl methyl sites for hydroxylation is 1. The van der Waals surface area contributed by atoms with E-state index in [0.717, 1.165) is 41.1 Å². The van der Waals surface area contributed by atoms with Gasteiger partial charge in [-0.25, -0.2) is 9.98 Å². The van der Waals surface area contributed by atoms with Gasteiger partial charge in [0.1, 0.15) is 5.82 Å². The molecule has 0 saturated heterocycles. The molecular weight excluding hydrogens is 406 g/mol. The van der Waals surface area contributed by atoms with Crippen LogP contribution in [-0.2, 0) is 4.74 Å². The molecule has 0 atom stereocenters. The number of aliphatic imine (C=N–C) groups is 1. The molecule has 26 heavy (non-hydrogen) atoms. The second-order valence-electron chi connectivity index (χ2n) is 6.65. The van der Waals surface area contributed by atoms with Crippen molar-refractivity contribution in [2.24, 2.45) is 4.99 Å². The van der Waals surface area contributed by atoms with E-state index in [0.29, 0.717) is 12.8 Å². The minimum atomic E-state index is -2.69. The molecule has 0 bridgehead atoms. The molecule has 1 saturated carbocycles. The Hall–Kier alpha value is -1.28. The molecule has 0 amide bonds. The van der Waals surface area contributed by atoms with Crippen LogP contribution in [-0.4, -0.2) is 55.6 Å². The molecule has 0 aliphatic heterocycles. The maximum Gasteiger partial charge on any atom is 0.345 e. The smallest absolute Gasteiger partial charge is 0.345 e. The zero-order chi connectivity index (χ0) is 19.3. The van der Waals surface area contributed by atoms with Gasteiger partial charge in [-0.05, 0) is 61.5 Å². The van der Waals surface area contributed by atoms with E-state index in [4.69, 9.17) is 4.98 Å². The highest BCUT2D eigenvalue weighted by atomic mass is 79.9. The summed E-state index contributed by atoms with van der Waals surface area (Å²) in [4.78, 5) is 13.3. The van der Waals surface area contributed by atoms with Crippen LogP contribution in [0.3, 0.4) is 0 Å². The van der Waals surface area contributed by atoms with Gasteiger partial charge in [0.25, 0.3) is 0 Å². The quantitative estimate of drug-likeness (QED) is 0.460. The number of anilines is 1. The van der Waals surface area contributed by atoms with E-state index in [2.05, 4.69) is 37.5 Å². The third kappa shape index (κ3) is 5.61. The number of ether oxygens (including phenoxy) is 1. The third-order valence-electron chi connectivity index (χ3n) is 4.83. The third-order valence-corrected chi connectivity index (χ3v) is 5.42. The van der Waals surface area contributed by atoms with Crippen molar-refractivity contribution in [1.29, 1.82) is 0 Å². The van der Waals surface area contributed by atoms with Gasteiger partial charge in [0, 0.05) is 26.7 Å². The summed E-state index contributed by atoms with van der Waals surface area (Å²) in [6, 6.07) is 2.23. The number of hydrogen-bond donors (Lipinski definition) is 0. The van der Waals surface area contributed by atoms with Gasteiger partial charge in [0.2, 0.25) is 0 Å². The van der Waals surface area contributed by atoms with Crippen molar-refractivity contribution in [1.82, 2.24) is 9.88 Å². The van der Waals surface area contributed by atoms with Crippen LogP contribution < -0.4 is 4.90 Å². The predicted molar refractivity (Wildman–Crippen MR) is 105 cm³/mol. The highest BCUT2D eigenvalue weighted by molar-refractivity contribution is 9.10. The van der Waals surface area contributed by atoms with Crippen molar-refractivity contribution in [2.75, 3.05) is 25.5 Å². The molecule has 1 heterocycles. The second-order valence-corrected chi connectivity index (χ2v) is 7.51. The van der Waals surface area contributed by atoms with Crippen molar-refractivity contribution < 1.29 is 13.5 Å². The molecule has 0 N–H and O–H groups in total. The number of pyridine rings is 1. The summed E-state index contributed by atoms with van der Waals surface area (Å²) in [5.41, 5.74) is 1.67. The fourth-order valence-corrected chi connectivity index (χ4v) is 3.65. The van der Waals surface area contributed by atoms with Gasteiger partial charge in [0.15, 0.2) is 0 Å². The Balaban J connectivity index is 2.06. The Morgan fingerprint density at radius 3 is 2.58 bits per heavy atom. The monoisotopic (exact) mass is 432 g/mol. The lowest BCUT2D eigenvalue weighted by Gasteiger charge is -2.35. The number of hydrogen-bond acceptors (Lipinski definition) is 4. The highest BCUT2D eigenvalue weighted by Crippen LogP contribution is 2.34. The minimum Gasteiger partial charge on any atom is -0.366 e. The molecule has 0 spiro atoms. The molecule has 1 aliphatic carbocycles. The van der Waals surface area contributed by atoms with Crippen LogP contribution in [0.15, 0.2) is 15.5 Å². The lowest BCUT2D eigenvalue weighted by Crippen LogP contribution is -2.38. The first kappa shape index (κ1) is 21.0. The zero-order valence-electron chi connectivity index (χ0n) is 15.8. The summed E-state index contributed by atoms with van der Waals surface area (Å²) in [5.74, 6) is 0.850. The normalized spacial score (nSPS) is 20.8. The highest BCUT2D eigenvalue weighted by Gasteiger charge is 2.28. The van der Waals surface area contributed by atoms with Crippen LogP contribution in [0, 0.1) is 6.92 Å². The van der Waals surface area contributed by atoms with Crippen molar-refractivity contribution in [2.45, 2.75) is 58.3 Å². The fraction of sp³-hybridized carbons (Fsp3) is 0.667. The van der Waals surface area contributed by atoms with Crippen molar-refractivity contribution in [3.63, 3.8) is 0 Å². The van der Waals surface area contributed by atoms with Gasteiger partial charge in [0.05, 0.1) is 28.3 Å². The van der Waals surface area contributed by atoms with Gasteiger partial charge in [-0.15, -0.1) is 0 Å². The van der Waals surface area contributed by atoms with Gasteiger partial charge < -0.3 is 14.5 Å². The van der Waals surface area contributed by atoms with E-state index in [-0.39, 0.29) is 12.1 Å². The van der Waals surface area contributed by atoms with Crippen LogP contribution in [0.25, 0.3) is 0 Å². The van der Waals surface area contributed by atoms with E-state index in [1.54, 1.807) is 6.34 Å². The Kier molecular flexibility index (Phi) is 7.76. The fourth-order valence-electron chi connectivity index (χ4n) is 3.07. The Labute approximate surface area is 162 Å². The van der Waals surface area contributed by atoms with E-state index >= 15 is 0 Å². The topological polar surface area (TPSA) is 41.0 Å². The molecule has 0 aromatic carbocycles. The summed E-state index contributed by atoms with van der Waals surface area (Å²) in [6.45, 7) is 2.20. The SMILES string of the molecule is CCN(C)C=Nc1cc(Br)c(N(C)C2CCC(OC(F)F)CC2)nc1C. The summed E-state index contributed by atoms with van der Waals surface area (Å²) >= 11 is 3.60. The molecule has 5 nitrogen and oxygen atoms in total. The number of halogens is 3. The van der Waals surface area contributed by atoms with Gasteiger partial charge in [-0.3, -0.25) is 0 Å². The maximum atomic E-state index is 12.3. The summed E-state index contributed by atoms with van der Waals surface area (Å²) < 4.78 is 30.2. The molecule has 1 aliphatic rings. The molecule has 2 rings (SSSR count). The van der Waals surface area contributed by atoms with Crippen molar-refractivity contribution >= 4 is 33.8 Å². The van der Waals surface area contributed by atoms with E-state index in [1.165, 1.54) is 0 Å². The molecule has 146 valence electrons. The molecule has 0 unspecified atom stereocenters. The molecule has 1 aromatic heterocycles. The number of rotatable bonds is 7.